The van der Waals surface area contributed by atoms with E-state index in [-0.39, 0.29) is 6.04 Å². The zero-order valence-electron chi connectivity index (χ0n) is 8.03. The number of nitrogen functional groups attached to an aromatic ring is 1. The number of nitrogens with zero attached hydrogens (tertiary/aromatic N) is 3. The minimum Gasteiger partial charge on any atom is -0.369 e. The van der Waals surface area contributed by atoms with E-state index >= 15 is 0 Å². The van der Waals surface area contributed by atoms with Gasteiger partial charge < -0.3 is 5.73 Å². The van der Waals surface area contributed by atoms with Crippen LogP contribution in [0.2, 0.25) is 5.02 Å². The van der Waals surface area contributed by atoms with Gasteiger partial charge in [0, 0.05) is 12.2 Å². The Balaban J connectivity index is 2.77. The lowest BCUT2D eigenvalue weighted by Gasteiger charge is -2.08. The summed E-state index contributed by atoms with van der Waals surface area (Å²) >= 11 is 5.81. The highest BCUT2D eigenvalue weighted by Crippen LogP contribution is 2.22. The molecule has 0 atom stereocenters. The molecule has 0 unspecified atom stereocenters. The molecule has 2 aromatic heterocycles. The van der Waals surface area contributed by atoms with Gasteiger partial charge in [-0.1, -0.05) is 11.6 Å². The summed E-state index contributed by atoms with van der Waals surface area (Å²) < 4.78 is 1.88. The predicted molar refractivity (Wildman–Crippen MR) is 57.3 cm³/mol. The first-order chi connectivity index (χ1) is 6.59. The maximum absolute atomic E-state index is 5.81. The third kappa shape index (κ3) is 1.32. The molecule has 2 aromatic rings. The molecule has 14 heavy (non-hydrogen) atoms. The van der Waals surface area contributed by atoms with Crippen LogP contribution in [-0.2, 0) is 0 Å². The first kappa shape index (κ1) is 9.27. The quantitative estimate of drug-likeness (QED) is 0.786. The Morgan fingerprint density at radius 3 is 2.86 bits per heavy atom. The molecule has 0 bridgehead atoms. The minimum absolute atomic E-state index is 0.244. The van der Waals surface area contributed by atoms with E-state index in [2.05, 4.69) is 9.97 Å². The van der Waals surface area contributed by atoms with Gasteiger partial charge in [-0.2, -0.15) is 0 Å². The molecule has 0 aliphatic heterocycles. The third-order valence-corrected chi connectivity index (χ3v) is 2.25. The molecule has 2 rings (SSSR count). The van der Waals surface area contributed by atoms with Gasteiger partial charge in [0.25, 0.3) is 0 Å². The van der Waals surface area contributed by atoms with Crippen molar-refractivity contribution in [2.24, 2.45) is 0 Å². The maximum atomic E-state index is 5.81. The van der Waals surface area contributed by atoms with Crippen molar-refractivity contribution in [3.8, 4) is 0 Å². The Kier molecular flexibility index (Phi) is 2.07. The first-order valence-electron chi connectivity index (χ1n) is 4.38. The van der Waals surface area contributed by atoms with Gasteiger partial charge >= 0.3 is 0 Å². The number of nitrogens with two attached hydrogens (primary N) is 1. The van der Waals surface area contributed by atoms with Crippen molar-refractivity contribution < 1.29 is 0 Å². The fourth-order valence-corrected chi connectivity index (χ4v) is 1.64. The molecule has 0 amide bonds. The van der Waals surface area contributed by atoms with E-state index in [1.54, 1.807) is 12.3 Å². The highest BCUT2D eigenvalue weighted by Gasteiger charge is 2.11. The summed E-state index contributed by atoms with van der Waals surface area (Å²) in [7, 11) is 0. The van der Waals surface area contributed by atoms with Crippen molar-refractivity contribution in [1.82, 2.24) is 14.5 Å². The van der Waals surface area contributed by atoms with Gasteiger partial charge in [0.15, 0.2) is 5.65 Å². The zero-order chi connectivity index (χ0) is 10.3. The van der Waals surface area contributed by atoms with E-state index in [1.807, 2.05) is 18.4 Å². The number of hydrogen-bond acceptors (Lipinski definition) is 3. The van der Waals surface area contributed by atoms with Gasteiger partial charge in [0.05, 0.1) is 5.02 Å². The average molecular weight is 211 g/mol. The van der Waals surface area contributed by atoms with E-state index in [1.165, 1.54) is 0 Å². The molecule has 0 aliphatic rings. The lowest BCUT2D eigenvalue weighted by Crippen LogP contribution is -2.05. The van der Waals surface area contributed by atoms with Gasteiger partial charge in [-0.15, -0.1) is 0 Å². The molecule has 74 valence electrons. The third-order valence-electron chi connectivity index (χ3n) is 2.04. The van der Waals surface area contributed by atoms with Crippen molar-refractivity contribution >= 4 is 28.7 Å². The topological polar surface area (TPSA) is 56.7 Å². The molecule has 0 saturated heterocycles. The van der Waals surface area contributed by atoms with Gasteiger partial charge in [0.1, 0.15) is 5.52 Å². The van der Waals surface area contributed by atoms with E-state index in [9.17, 15) is 0 Å². The van der Waals surface area contributed by atoms with Crippen LogP contribution in [0.25, 0.3) is 11.2 Å². The second kappa shape index (κ2) is 3.13. The SMILES string of the molecule is CC(C)n1c(N)nc2cc(Cl)cnc21. The molecular weight excluding hydrogens is 200 g/mol. The van der Waals surface area contributed by atoms with Crippen molar-refractivity contribution in [2.45, 2.75) is 19.9 Å². The molecule has 0 spiro atoms. The summed E-state index contributed by atoms with van der Waals surface area (Å²) in [6, 6.07) is 2.01. The summed E-state index contributed by atoms with van der Waals surface area (Å²) in [5.41, 5.74) is 7.29. The minimum atomic E-state index is 0.244. The smallest absolute Gasteiger partial charge is 0.202 e. The number of halogens is 1. The van der Waals surface area contributed by atoms with Crippen molar-refractivity contribution in [2.75, 3.05) is 5.73 Å². The summed E-state index contributed by atoms with van der Waals surface area (Å²) in [4.78, 5) is 8.40. The van der Waals surface area contributed by atoms with Crippen molar-refractivity contribution in [1.29, 1.82) is 0 Å². The number of pyridine rings is 1. The van der Waals surface area contributed by atoms with Crippen LogP contribution in [-0.4, -0.2) is 14.5 Å². The van der Waals surface area contributed by atoms with E-state index in [4.69, 9.17) is 17.3 Å². The van der Waals surface area contributed by atoms with Crippen molar-refractivity contribution in [3.05, 3.63) is 17.3 Å². The van der Waals surface area contributed by atoms with Gasteiger partial charge in [-0.05, 0) is 19.9 Å². The maximum Gasteiger partial charge on any atom is 0.202 e. The molecule has 0 aliphatic carbocycles. The van der Waals surface area contributed by atoms with Crippen LogP contribution in [0.5, 0.6) is 0 Å². The largest absolute Gasteiger partial charge is 0.369 e. The molecule has 0 fully saturated rings. The monoisotopic (exact) mass is 210 g/mol. The van der Waals surface area contributed by atoms with Gasteiger partial charge in [-0.25, -0.2) is 9.97 Å². The molecule has 4 nitrogen and oxygen atoms in total. The highest BCUT2D eigenvalue weighted by atomic mass is 35.5. The van der Waals surface area contributed by atoms with Crippen LogP contribution in [0.1, 0.15) is 19.9 Å². The molecule has 0 saturated carbocycles. The first-order valence-corrected chi connectivity index (χ1v) is 4.76. The number of anilines is 1. The Hall–Kier alpha value is -1.29. The van der Waals surface area contributed by atoms with Crippen LogP contribution >= 0.6 is 11.6 Å². The second-order valence-corrected chi connectivity index (χ2v) is 3.87. The van der Waals surface area contributed by atoms with Crippen LogP contribution in [0.3, 0.4) is 0 Å². The normalized spacial score (nSPS) is 11.4. The molecule has 2 N–H and O–H groups in total. The van der Waals surface area contributed by atoms with Crippen LogP contribution in [0, 0.1) is 0 Å². The van der Waals surface area contributed by atoms with Crippen LogP contribution in [0.4, 0.5) is 5.95 Å². The summed E-state index contributed by atoms with van der Waals surface area (Å²) in [6.07, 6.45) is 1.60. The average Bonchev–Trinajstić information content (AvgIpc) is 2.39. The van der Waals surface area contributed by atoms with E-state index in [0.29, 0.717) is 11.0 Å². The zero-order valence-corrected chi connectivity index (χ0v) is 8.78. The number of rotatable bonds is 1. The van der Waals surface area contributed by atoms with Crippen LogP contribution in [0.15, 0.2) is 12.3 Å². The molecular formula is C9H11ClN4. The Morgan fingerprint density at radius 2 is 2.21 bits per heavy atom. The van der Waals surface area contributed by atoms with E-state index in [0.717, 1.165) is 11.2 Å². The fraction of sp³-hybridized carbons (Fsp3) is 0.333. The Bertz CT molecular complexity index is 475. The Labute approximate surface area is 86.7 Å². The predicted octanol–water partition coefficient (Wildman–Crippen LogP) is 2.25. The summed E-state index contributed by atoms with van der Waals surface area (Å²) in [6.45, 7) is 4.07. The highest BCUT2D eigenvalue weighted by molar-refractivity contribution is 6.31. The second-order valence-electron chi connectivity index (χ2n) is 3.43. The molecule has 5 heteroatoms. The van der Waals surface area contributed by atoms with Gasteiger partial charge in [-0.3, -0.25) is 4.57 Å². The van der Waals surface area contributed by atoms with Crippen molar-refractivity contribution in [3.63, 3.8) is 0 Å². The lowest BCUT2D eigenvalue weighted by molar-refractivity contribution is 0.622. The summed E-state index contributed by atoms with van der Waals surface area (Å²) in [5.74, 6) is 0.477. The summed E-state index contributed by atoms with van der Waals surface area (Å²) in [5, 5.41) is 0.575. The lowest BCUT2D eigenvalue weighted by atomic mass is 10.4. The number of fused-ring (bicyclic) bond motifs is 1. The van der Waals surface area contributed by atoms with Gasteiger partial charge in [0.2, 0.25) is 5.95 Å². The molecule has 0 radical (unpaired) electrons. The Morgan fingerprint density at radius 1 is 1.50 bits per heavy atom. The number of imidazole rings is 1. The fourth-order valence-electron chi connectivity index (χ4n) is 1.48. The van der Waals surface area contributed by atoms with Crippen LogP contribution < -0.4 is 5.73 Å². The van der Waals surface area contributed by atoms with E-state index < -0.39 is 0 Å². The number of aromatic nitrogens is 3. The number of hydrogen-bond donors (Lipinski definition) is 1. The molecule has 2 heterocycles. The molecule has 0 aromatic carbocycles. The standard InChI is InChI=1S/C9H11ClN4/c1-5(2)14-8-7(13-9(14)11)3-6(10)4-12-8/h3-5H,1-2H3,(H2,11,13).